The van der Waals surface area contributed by atoms with E-state index in [2.05, 4.69) is 0 Å². The first-order chi connectivity index (χ1) is 4.30. The van der Waals surface area contributed by atoms with Crippen LogP contribution in [0.5, 0.6) is 0 Å². The highest BCUT2D eigenvalue weighted by Crippen LogP contribution is 2.38. The van der Waals surface area contributed by atoms with E-state index >= 15 is 0 Å². The summed E-state index contributed by atoms with van der Waals surface area (Å²) in [5.74, 6) is 2.05. The lowest BCUT2D eigenvalue weighted by molar-refractivity contribution is 0.145. The first-order valence-corrected chi connectivity index (χ1v) is 5.02. The van der Waals surface area contributed by atoms with E-state index in [1.54, 1.807) is 0 Å². The summed E-state index contributed by atoms with van der Waals surface area (Å²) in [6.07, 6.45) is 3.62. The van der Waals surface area contributed by atoms with E-state index in [9.17, 15) is 0 Å². The maximum absolute atomic E-state index is 8.68. The Balaban J connectivity index is 2.23. The van der Waals surface area contributed by atoms with Gasteiger partial charge >= 0.3 is 0 Å². The van der Waals surface area contributed by atoms with Crippen LogP contribution in [0.15, 0.2) is 0 Å². The van der Waals surface area contributed by atoms with Crippen LogP contribution in [0.2, 0.25) is 0 Å². The predicted molar refractivity (Wildman–Crippen MR) is 39.7 cm³/mol. The van der Waals surface area contributed by atoms with Crippen molar-refractivity contribution in [3.8, 4) is 0 Å². The van der Waals surface area contributed by atoms with E-state index in [-0.39, 0.29) is 5.62 Å². The van der Waals surface area contributed by atoms with Gasteiger partial charge in [-0.15, -0.1) is 0 Å². The second-order valence-electron chi connectivity index (χ2n) is 2.35. The quantitative estimate of drug-likeness (QED) is 0.493. The number of hydrogen-bond donors (Lipinski definition) is 3. The molecule has 0 saturated carbocycles. The minimum absolute atomic E-state index is 0.287. The zero-order valence-electron chi connectivity index (χ0n) is 5.38. The molecule has 1 aliphatic rings. The lowest BCUT2D eigenvalue weighted by Gasteiger charge is -2.25. The van der Waals surface area contributed by atoms with Gasteiger partial charge in [-0.3, -0.25) is 0 Å². The van der Waals surface area contributed by atoms with Crippen LogP contribution in [0.25, 0.3) is 0 Å². The van der Waals surface area contributed by atoms with Gasteiger partial charge in [0.15, 0.2) is 0 Å². The van der Waals surface area contributed by atoms with Crippen molar-refractivity contribution in [3.63, 3.8) is 0 Å². The van der Waals surface area contributed by atoms with Gasteiger partial charge in [-0.1, -0.05) is 6.42 Å². The third-order valence-electron chi connectivity index (χ3n) is 1.64. The summed E-state index contributed by atoms with van der Waals surface area (Å²) in [5.41, 5.74) is -0.287. The lowest BCUT2D eigenvalue weighted by atomic mass is 10.3. The Hall–Kier alpha value is 0.270. The summed E-state index contributed by atoms with van der Waals surface area (Å²) in [4.78, 5) is 0. The Kier molecular flexibility index (Phi) is 2.82. The average Bonchev–Trinajstić information content (AvgIpc) is 1.90. The van der Waals surface area contributed by atoms with Crippen molar-refractivity contribution >= 4 is 10.9 Å². The van der Waals surface area contributed by atoms with E-state index in [0.717, 1.165) is 11.5 Å². The van der Waals surface area contributed by atoms with Gasteiger partial charge in [-0.2, -0.15) is 10.9 Å². The Morgan fingerprint density at radius 3 is 1.89 bits per heavy atom. The van der Waals surface area contributed by atoms with Crippen molar-refractivity contribution in [1.29, 1.82) is 0 Å². The second-order valence-corrected chi connectivity index (χ2v) is 4.72. The van der Waals surface area contributed by atoms with Gasteiger partial charge in [-0.25, -0.2) is 0 Å². The van der Waals surface area contributed by atoms with Crippen molar-refractivity contribution < 1.29 is 10.2 Å². The van der Waals surface area contributed by atoms with Crippen molar-refractivity contribution in [3.05, 3.63) is 5.62 Å². The topological polar surface area (TPSA) is 40.5 Å². The Labute approximate surface area is 58.2 Å². The van der Waals surface area contributed by atoms with E-state index in [1.807, 2.05) is 0 Å². The third-order valence-corrected chi connectivity index (χ3v) is 3.92. The van der Waals surface area contributed by atoms with Gasteiger partial charge < -0.3 is 10.2 Å². The van der Waals surface area contributed by atoms with Crippen LogP contribution in [0.1, 0.15) is 19.3 Å². The maximum atomic E-state index is 8.68. The van der Waals surface area contributed by atoms with E-state index in [0.29, 0.717) is 0 Å². The highest BCUT2D eigenvalue weighted by molar-refractivity contribution is 8.19. The Morgan fingerprint density at radius 1 is 1.00 bits per heavy atom. The molecule has 0 aromatic carbocycles. The van der Waals surface area contributed by atoms with Gasteiger partial charge in [0.25, 0.3) is 5.62 Å². The maximum Gasteiger partial charge on any atom is 0.260 e. The highest BCUT2D eigenvalue weighted by atomic mass is 32.2. The van der Waals surface area contributed by atoms with Crippen LogP contribution < -0.4 is 0 Å². The molecule has 1 radical (unpaired) electrons. The molecular weight excluding hydrogens is 136 g/mol. The fourth-order valence-electron chi connectivity index (χ4n) is 1.09. The zero-order valence-corrected chi connectivity index (χ0v) is 6.27. The fourth-order valence-corrected chi connectivity index (χ4v) is 2.93. The zero-order chi connectivity index (χ0) is 6.69. The van der Waals surface area contributed by atoms with Gasteiger partial charge in [0.05, 0.1) is 0 Å². The normalized spacial score (nSPS) is 25.0. The molecule has 0 bridgehead atoms. The predicted octanol–water partition coefficient (Wildman–Crippen LogP) is 1.36. The van der Waals surface area contributed by atoms with Crippen LogP contribution in [-0.4, -0.2) is 21.7 Å². The minimum atomic E-state index is -0.503. The molecule has 1 heterocycles. The van der Waals surface area contributed by atoms with Crippen molar-refractivity contribution in [2.24, 2.45) is 0 Å². The Bertz CT molecular complexity index is 79.1. The minimum Gasteiger partial charge on any atom is -0.354 e. The monoisotopic (exact) mass is 149 g/mol. The van der Waals surface area contributed by atoms with Crippen LogP contribution in [0, 0.1) is 5.62 Å². The Morgan fingerprint density at radius 2 is 1.56 bits per heavy atom. The largest absolute Gasteiger partial charge is 0.354 e. The SMILES string of the molecule is O[C](O)[SH]1CCCCC1. The molecule has 0 amide bonds. The molecule has 2 nitrogen and oxygen atoms in total. The van der Waals surface area contributed by atoms with Crippen molar-refractivity contribution in [2.45, 2.75) is 19.3 Å². The van der Waals surface area contributed by atoms with Crippen LogP contribution in [0.3, 0.4) is 0 Å². The average molecular weight is 149 g/mol. The number of aliphatic hydroxyl groups is 2. The fraction of sp³-hybridized carbons (Fsp3) is 0.833. The van der Waals surface area contributed by atoms with Crippen LogP contribution in [-0.2, 0) is 0 Å². The standard InChI is InChI=1S/C6H13O2S/c7-6(8)9-4-2-1-3-5-9/h7-9H,1-5H2. The van der Waals surface area contributed by atoms with Gasteiger partial charge in [0.1, 0.15) is 0 Å². The summed E-state index contributed by atoms with van der Waals surface area (Å²) >= 11 is 0. The molecule has 1 fully saturated rings. The van der Waals surface area contributed by atoms with Gasteiger partial charge in [0, 0.05) is 0 Å². The molecule has 0 aromatic rings. The summed E-state index contributed by atoms with van der Waals surface area (Å²) in [7, 11) is -0.503. The smallest absolute Gasteiger partial charge is 0.260 e. The number of hydrogen-bond acceptors (Lipinski definition) is 2. The van der Waals surface area contributed by atoms with E-state index < -0.39 is 10.9 Å². The molecule has 1 rings (SSSR count). The summed E-state index contributed by atoms with van der Waals surface area (Å²) in [6.45, 7) is 0. The summed E-state index contributed by atoms with van der Waals surface area (Å²) in [6, 6.07) is 0. The molecule has 0 unspecified atom stereocenters. The molecule has 1 aliphatic heterocycles. The van der Waals surface area contributed by atoms with Crippen LogP contribution >= 0.6 is 10.9 Å². The molecule has 0 atom stereocenters. The van der Waals surface area contributed by atoms with Gasteiger partial charge in [0.2, 0.25) is 0 Å². The molecule has 0 aliphatic carbocycles. The second kappa shape index (κ2) is 3.44. The summed E-state index contributed by atoms with van der Waals surface area (Å²) in [5, 5.41) is 17.4. The molecule has 9 heavy (non-hydrogen) atoms. The number of rotatable bonds is 1. The third kappa shape index (κ3) is 2.16. The molecule has 2 N–H and O–H groups in total. The van der Waals surface area contributed by atoms with Crippen LogP contribution in [0.4, 0.5) is 0 Å². The van der Waals surface area contributed by atoms with Gasteiger partial charge in [-0.05, 0) is 24.3 Å². The molecular formula is C6H13O2S. The molecule has 3 heteroatoms. The molecule has 0 aromatic heterocycles. The molecule has 1 saturated heterocycles. The number of aliphatic hydroxyl groups excluding tert-OH is 1. The number of thiol groups is 1. The molecule has 55 valence electrons. The first kappa shape index (κ1) is 7.38. The highest BCUT2D eigenvalue weighted by Gasteiger charge is 2.16. The molecule has 0 spiro atoms. The summed E-state index contributed by atoms with van der Waals surface area (Å²) < 4.78 is 0. The van der Waals surface area contributed by atoms with E-state index in [4.69, 9.17) is 10.2 Å². The van der Waals surface area contributed by atoms with Crippen molar-refractivity contribution in [1.82, 2.24) is 0 Å². The van der Waals surface area contributed by atoms with Crippen molar-refractivity contribution in [2.75, 3.05) is 11.5 Å². The first-order valence-electron chi connectivity index (χ1n) is 3.30. The lowest BCUT2D eigenvalue weighted by Crippen LogP contribution is -2.08. The van der Waals surface area contributed by atoms with E-state index in [1.165, 1.54) is 19.3 Å².